The van der Waals surface area contributed by atoms with Gasteiger partial charge in [0, 0.05) is 32.6 Å². The predicted octanol–water partition coefficient (Wildman–Crippen LogP) is 2.79. The van der Waals surface area contributed by atoms with E-state index in [0.717, 1.165) is 39.0 Å². The van der Waals surface area contributed by atoms with Crippen LogP contribution in [-0.2, 0) is 4.79 Å². The highest BCUT2D eigenvalue weighted by Crippen LogP contribution is 2.26. The summed E-state index contributed by atoms with van der Waals surface area (Å²) >= 11 is 0. The zero-order chi connectivity index (χ0) is 15.1. The predicted molar refractivity (Wildman–Crippen MR) is 83.7 cm³/mol. The van der Waals surface area contributed by atoms with Gasteiger partial charge in [0.15, 0.2) is 0 Å². The summed E-state index contributed by atoms with van der Waals surface area (Å²) in [7, 11) is 0. The van der Waals surface area contributed by atoms with Gasteiger partial charge in [-0.1, -0.05) is 32.6 Å². The van der Waals surface area contributed by atoms with E-state index in [4.69, 9.17) is 5.26 Å². The Morgan fingerprint density at radius 2 is 1.76 bits per heavy atom. The highest BCUT2D eigenvalue weighted by molar-refractivity contribution is 5.76. The average molecular weight is 291 g/mol. The Morgan fingerprint density at radius 1 is 1.14 bits per heavy atom. The van der Waals surface area contributed by atoms with Crippen molar-refractivity contribution in [3.63, 3.8) is 0 Å². The van der Waals surface area contributed by atoms with Crippen molar-refractivity contribution in [3.05, 3.63) is 0 Å². The molecule has 2 aliphatic rings. The van der Waals surface area contributed by atoms with Gasteiger partial charge >= 0.3 is 0 Å². The fraction of sp³-hybridized carbons (Fsp3) is 0.882. The quantitative estimate of drug-likeness (QED) is 0.748. The van der Waals surface area contributed by atoms with Gasteiger partial charge in [0.2, 0.25) is 5.91 Å². The maximum Gasteiger partial charge on any atom is 0.222 e. The molecule has 0 bridgehead atoms. The summed E-state index contributed by atoms with van der Waals surface area (Å²) in [4.78, 5) is 16.7. The van der Waals surface area contributed by atoms with Gasteiger partial charge in [-0.25, -0.2) is 0 Å². The van der Waals surface area contributed by atoms with Crippen molar-refractivity contribution in [2.45, 2.75) is 64.3 Å². The summed E-state index contributed by atoms with van der Waals surface area (Å²) in [5.41, 5.74) is 0. The first kappa shape index (κ1) is 16.3. The molecule has 1 heterocycles. The molecule has 0 aromatic heterocycles. The van der Waals surface area contributed by atoms with E-state index in [0.29, 0.717) is 11.8 Å². The van der Waals surface area contributed by atoms with Crippen molar-refractivity contribution in [1.29, 1.82) is 5.26 Å². The standard InChI is InChI=1S/C17H29N3O/c1-2-16(14-18)19-9-11-20(12-10-19)17(21)13-15-7-5-3-4-6-8-15/h15-16H,2-13H2,1H3. The van der Waals surface area contributed by atoms with E-state index in [1.165, 1.54) is 38.5 Å². The Hall–Kier alpha value is -1.08. The molecule has 1 aliphatic carbocycles. The van der Waals surface area contributed by atoms with Gasteiger partial charge < -0.3 is 4.90 Å². The van der Waals surface area contributed by atoms with Crippen LogP contribution in [0.15, 0.2) is 0 Å². The summed E-state index contributed by atoms with van der Waals surface area (Å²) < 4.78 is 0. The van der Waals surface area contributed by atoms with Gasteiger partial charge in [-0.15, -0.1) is 0 Å². The zero-order valence-electron chi connectivity index (χ0n) is 13.4. The van der Waals surface area contributed by atoms with E-state index < -0.39 is 0 Å². The van der Waals surface area contributed by atoms with Crippen molar-refractivity contribution in [2.24, 2.45) is 5.92 Å². The molecule has 1 amide bonds. The van der Waals surface area contributed by atoms with Crippen LogP contribution in [-0.4, -0.2) is 47.9 Å². The number of nitriles is 1. The van der Waals surface area contributed by atoms with Crippen LogP contribution < -0.4 is 0 Å². The van der Waals surface area contributed by atoms with E-state index in [1.54, 1.807) is 0 Å². The van der Waals surface area contributed by atoms with Crippen molar-refractivity contribution in [3.8, 4) is 6.07 Å². The minimum absolute atomic E-state index is 0.0177. The van der Waals surface area contributed by atoms with Crippen LogP contribution in [0.3, 0.4) is 0 Å². The van der Waals surface area contributed by atoms with Crippen LogP contribution in [0.5, 0.6) is 0 Å². The fourth-order valence-corrected chi connectivity index (χ4v) is 3.66. The largest absolute Gasteiger partial charge is 0.340 e. The van der Waals surface area contributed by atoms with Crippen LogP contribution in [0.1, 0.15) is 58.3 Å². The first-order valence-electron chi connectivity index (χ1n) is 8.66. The average Bonchev–Trinajstić information content (AvgIpc) is 2.78. The molecular formula is C17H29N3O. The number of piperazine rings is 1. The first-order valence-corrected chi connectivity index (χ1v) is 8.66. The van der Waals surface area contributed by atoms with Gasteiger partial charge in [-0.05, 0) is 25.2 Å². The van der Waals surface area contributed by atoms with Gasteiger partial charge in [0.05, 0.1) is 12.1 Å². The van der Waals surface area contributed by atoms with Crippen LogP contribution in [0.2, 0.25) is 0 Å². The van der Waals surface area contributed by atoms with Gasteiger partial charge in [0.1, 0.15) is 0 Å². The topological polar surface area (TPSA) is 47.3 Å². The van der Waals surface area contributed by atoms with Gasteiger partial charge in [-0.3, -0.25) is 9.69 Å². The number of carbonyl (C=O) groups excluding carboxylic acids is 1. The number of rotatable bonds is 4. The highest BCUT2D eigenvalue weighted by Gasteiger charge is 2.26. The molecular weight excluding hydrogens is 262 g/mol. The van der Waals surface area contributed by atoms with E-state index in [9.17, 15) is 4.79 Å². The molecule has 1 unspecified atom stereocenters. The summed E-state index contributed by atoms with van der Waals surface area (Å²) in [5, 5.41) is 9.12. The summed E-state index contributed by atoms with van der Waals surface area (Å²) in [6.07, 6.45) is 9.36. The third-order valence-electron chi connectivity index (χ3n) is 5.08. The second-order valence-corrected chi connectivity index (χ2v) is 6.53. The second kappa shape index (κ2) is 8.38. The number of hydrogen-bond donors (Lipinski definition) is 0. The molecule has 0 spiro atoms. The maximum absolute atomic E-state index is 12.4. The Balaban J connectivity index is 1.76. The smallest absolute Gasteiger partial charge is 0.222 e. The molecule has 4 nitrogen and oxygen atoms in total. The van der Waals surface area contributed by atoms with Crippen molar-refractivity contribution >= 4 is 5.91 Å². The van der Waals surface area contributed by atoms with Crippen molar-refractivity contribution in [1.82, 2.24) is 9.80 Å². The van der Waals surface area contributed by atoms with Crippen molar-refractivity contribution < 1.29 is 4.79 Å². The number of nitrogens with zero attached hydrogens (tertiary/aromatic N) is 3. The van der Waals surface area contributed by atoms with Gasteiger partial charge in [-0.2, -0.15) is 5.26 Å². The SMILES string of the molecule is CCC(C#N)N1CCN(C(=O)CC2CCCCCC2)CC1. The highest BCUT2D eigenvalue weighted by atomic mass is 16.2. The molecule has 118 valence electrons. The van der Waals surface area contributed by atoms with E-state index in [2.05, 4.69) is 17.9 Å². The minimum atomic E-state index is 0.0177. The molecule has 0 aromatic rings. The number of carbonyl (C=O) groups is 1. The second-order valence-electron chi connectivity index (χ2n) is 6.53. The normalized spacial score (nSPS) is 23.3. The lowest BCUT2D eigenvalue weighted by Gasteiger charge is -2.37. The molecule has 1 saturated heterocycles. The fourth-order valence-electron chi connectivity index (χ4n) is 3.66. The molecule has 1 atom stereocenters. The molecule has 0 aromatic carbocycles. The van der Waals surface area contributed by atoms with E-state index in [1.807, 2.05) is 4.90 Å². The molecule has 4 heteroatoms. The monoisotopic (exact) mass is 291 g/mol. The summed E-state index contributed by atoms with van der Waals surface area (Å²) in [6, 6.07) is 2.38. The zero-order valence-corrected chi connectivity index (χ0v) is 13.4. The molecule has 1 saturated carbocycles. The first-order chi connectivity index (χ1) is 10.2. The third kappa shape index (κ3) is 4.71. The molecule has 2 fully saturated rings. The summed E-state index contributed by atoms with van der Waals surface area (Å²) in [6.45, 7) is 5.34. The Kier molecular flexibility index (Phi) is 6.50. The number of amides is 1. The van der Waals surface area contributed by atoms with E-state index >= 15 is 0 Å². The van der Waals surface area contributed by atoms with Crippen LogP contribution in [0.4, 0.5) is 0 Å². The third-order valence-corrected chi connectivity index (χ3v) is 5.08. The van der Waals surface area contributed by atoms with Crippen molar-refractivity contribution in [2.75, 3.05) is 26.2 Å². The lowest BCUT2D eigenvalue weighted by molar-refractivity contribution is -0.134. The van der Waals surface area contributed by atoms with Crippen LogP contribution >= 0.6 is 0 Å². The minimum Gasteiger partial charge on any atom is -0.340 e. The molecule has 0 radical (unpaired) electrons. The van der Waals surface area contributed by atoms with E-state index in [-0.39, 0.29) is 6.04 Å². The lowest BCUT2D eigenvalue weighted by atomic mass is 9.96. The molecule has 2 rings (SSSR count). The Bertz CT molecular complexity index is 361. The molecule has 1 aliphatic heterocycles. The molecule has 0 N–H and O–H groups in total. The van der Waals surface area contributed by atoms with Gasteiger partial charge in [0.25, 0.3) is 0 Å². The lowest BCUT2D eigenvalue weighted by Crippen LogP contribution is -2.51. The Labute approximate surface area is 129 Å². The molecule has 21 heavy (non-hydrogen) atoms. The summed E-state index contributed by atoms with van der Waals surface area (Å²) in [5.74, 6) is 0.951. The maximum atomic E-state index is 12.4. The Morgan fingerprint density at radius 3 is 2.29 bits per heavy atom. The van der Waals surface area contributed by atoms with Crippen LogP contribution in [0.25, 0.3) is 0 Å². The number of hydrogen-bond acceptors (Lipinski definition) is 3. The van der Waals surface area contributed by atoms with Crippen LogP contribution in [0, 0.1) is 17.2 Å².